The van der Waals surface area contributed by atoms with Crippen LogP contribution < -0.4 is 0 Å². The Morgan fingerprint density at radius 1 is 0.953 bits per heavy atom. The van der Waals surface area contributed by atoms with Gasteiger partial charge in [0.25, 0.3) is 0 Å². The number of aliphatic carboxylic acids is 1. The minimum absolute atomic E-state index is 0.0477. The standard InChI is InChI=1S/C35H54O8/c1-19-8-14-35(31(39)40)15-10-23-22(24(35)16-19)6-7-26-32(23,2)13-11-27-33(26,3)12-9-20(34(27,4)41)17-21-18-25(36)28(37)29(43-21)30(38)42-5/h6,19-21,23-29,36-37,41H,7-18H2,1-5H3,(H,39,40)/t19?,20?,21?,23?,24?,25?,26?,27?,28?,29?,32?,33?,34-,35?/m1/s1. The van der Waals surface area contributed by atoms with Gasteiger partial charge in [0.2, 0.25) is 0 Å². The minimum Gasteiger partial charge on any atom is -0.481 e. The molecule has 14 atom stereocenters. The number of allylic oxidation sites excluding steroid dienone is 2. The van der Waals surface area contributed by atoms with Gasteiger partial charge in [0, 0.05) is 6.42 Å². The highest BCUT2D eigenvalue weighted by Crippen LogP contribution is 2.71. The van der Waals surface area contributed by atoms with Crippen LogP contribution >= 0.6 is 0 Å². The van der Waals surface area contributed by atoms with Crippen molar-refractivity contribution in [1.29, 1.82) is 0 Å². The summed E-state index contributed by atoms with van der Waals surface area (Å²) in [5.74, 6) is 0.306. The number of hydrogen-bond donors (Lipinski definition) is 4. The van der Waals surface area contributed by atoms with E-state index in [4.69, 9.17) is 9.47 Å². The predicted molar refractivity (Wildman–Crippen MR) is 160 cm³/mol. The first-order chi connectivity index (χ1) is 20.2. The summed E-state index contributed by atoms with van der Waals surface area (Å²) in [7, 11) is 1.24. The number of carbonyl (C=O) groups excluding carboxylic acids is 1. The predicted octanol–water partition coefficient (Wildman–Crippen LogP) is 4.88. The van der Waals surface area contributed by atoms with Crippen LogP contribution in [0.25, 0.3) is 0 Å². The Kier molecular flexibility index (Phi) is 7.92. The third-order valence-corrected chi connectivity index (χ3v) is 14.3. The van der Waals surface area contributed by atoms with Crippen LogP contribution in [0.5, 0.6) is 0 Å². The lowest BCUT2D eigenvalue weighted by atomic mass is 9.37. The van der Waals surface area contributed by atoms with Crippen molar-refractivity contribution in [3.63, 3.8) is 0 Å². The quantitative estimate of drug-likeness (QED) is 0.265. The maximum atomic E-state index is 12.7. The summed E-state index contributed by atoms with van der Waals surface area (Å²) in [6.07, 6.45) is 8.36. The van der Waals surface area contributed by atoms with Crippen LogP contribution in [0.3, 0.4) is 0 Å². The molecule has 8 nitrogen and oxygen atoms in total. The normalized spacial score (nSPS) is 52.9. The van der Waals surface area contributed by atoms with Crippen LogP contribution in [0.15, 0.2) is 11.6 Å². The molecule has 0 bridgehead atoms. The lowest BCUT2D eigenvalue weighted by Crippen LogP contribution is -2.64. The molecule has 13 unspecified atom stereocenters. The largest absolute Gasteiger partial charge is 0.481 e. The summed E-state index contributed by atoms with van der Waals surface area (Å²) in [6.45, 7) is 9.16. The highest BCUT2D eigenvalue weighted by atomic mass is 16.6. The number of ether oxygens (including phenoxy) is 2. The zero-order valence-corrected chi connectivity index (χ0v) is 26.8. The number of aliphatic hydroxyl groups is 3. The number of methoxy groups -OCH3 is 1. The highest BCUT2D eigenvalue weighted by Gasteiger charge is 2.66. The first-order valence-corrected chi connectivity index (χ1v) is 16.9. The molecule has 5 aliphatic carbocycles. The van der Waals surface area contributed by atoms with Gasteiger partial charge in [-0.15, -0.1) is 0 Å². The summed E-state index contributed by atoms with van der Waals surface area (Å²) < 4.78 is 10.8. The second kappa shape index (κ2) is 10.8. The average Bonchev–Trinajstić information content (AvgIpc) is 2.95. The number of fused-ring (bicyclic) bond motifs is 7. The molecule has 1 heterocycles. The van der Waals surface area contributed by atoms with Gasteiger partial charge in [-0.1, -0.05) is 32.4 Å². The second-order valence-corrected chi connectivity index (χ2v) is 16.3. The number of carboxylic acids is 1. The Morgan fingerprint density at radius 3 is 2.35 bits per heavy atom. The summed E-state index contributed by atoms with van der Waals surface area (Å²) in [6, 6.07) is 0. The number of aliphatic hydroxyl groups excluding tert-OH is 2. The first-order valence-electron chi connectivity index (χ1n) is 16.9. The van der Waals surface area contributed by atoms with Crippen molar-refractivity contribution in [2.75, 3.05) is 7.11 Å². The van der Waals surface area contributed by atoms with E-state index in [1.165, 1.54) is 12.7 Å². The fraction of sp³-hybridized carbons (Fsp3) is 0.886. The van der Waals surface area contributed by atoms with Crippen LogP contribution in [-0.4, -0.2) is 69.5 Å². The molecule has 4 N–H and O–H groups in total. The van der Waals surface area contributed by atoms with Crippen LogP contribution in [0.1, 0.15) is 105 Å². The van der Waals surface area contributed by atoms with Crippen molar-refractivity contribution >= 4 is 11.9 Å². The van der Waals surface area contributed by atoms with Crippen molar-refractivity contribution in [3.8, 4) is 0 Å². The summed E-state index contributed by atoms with van der Waals surface area (Å²) in [5, 5.41) is 43.6. The van der Waals surface area contributed by atoms with Gasteiger partial charge in [-0.25, -0.2) is 4.79 Å². The minimum atomic E-state index is -1.32. The Morgan fingerprint density at radius 2 is 1.65 bits per heavy atom. The van der Waals surface area contributed by atoms with E-state index in [1.54, 1.807) is 0 Å². The molecule has 0 aromatic rings. The fourth-order valence-corrected chi connectivity index (χ4v) is 12.0. The average molecular weight is 603 g/mol. The van der Waals surface area contributed by atoms with Crippen molar-refractivity contribution in [1.82, 2.24) is 0 Å². The van der Waals surface area contributed by atoms with Gasteiger partial charge in [-0.3, -0.25) is 4.79 Å². The Balaban J connectivity index is 1.24. The smallest absolute Gasteiger partial charge is 0.337 e. The summed E-state index contributed by atoms with van der Waals surface area (Å²) >= 11 is 0. The van der Waals surface area contributed by atoms with E-state index in [0.717, 1.165) is 64.2 Å². The number of carboxylic acid groups (broad SMARTS) is 1. The molecule has 1 aliphatic heterocycles. The molecule has 0 radical (unpaired) electrons. The topological polar surface area (TPSA) is 134 Å². The third-order valence-electron chi connectivity index (χ3n) is 14.3. The first kappa shape index (κ1) is 31.5. The Bertz CT molecular complexity index is 1150. The van der Waals surface area contributed by atoms with Crippen molar-refractivity contribution in [3.05, 3.63) is 11.6 Å². The maximum absolute atomic E-state index is 12.7. The van der Waals surface area contributed by atoms with E-state index in [2.05, 4.69) is 26.8 Å². The molecule has 1 saturated heterocycles. The van der Waals surface area contributed by atoms with Gasteiger partial charge < -0.3 is 29.9 Å². The van der Waals surface area contributed by atoms with Gasteiger partial charge in [-0.05, 0) is 124 Å². The van der Waals surface area contributed by atoms with Gasteiger partial charge in [0.15, 0.2) is 6.10 Å². The second-order valence-electron chi connectivity index (χ2n) is 16.3. The molecule has 0 spiro atoms. The van der Waals surface area contributed by atoms with E-state index < -0.39 is 47.4 Å². The molecule has 4 saturated carbocycles. The Labute approximate surface area is 256 Å². The zero-order valence-electron chi connectivity index (χ0n) is 26.8. The van der Waals surface area contributed by atoms with Crippen LogP contribution in [0.2, 0.25) is 0 Å². The van der Waals surface area contributed by atoms with Gasteiger partial charge in [0.05, 0.1) is 30.3 Å². The molecule has 0 aromatic heterocycles. The molecule has 8 heteroatoms. The number of carbonyl (C=O) groups is 2. The van der Waals surface area contributed by atoms with Crippen molar-refractivity contribution < 1.29 is 39.5 Å². The molecule has 6 rings (SSSR count). The Hall–Kier alpha value is -1.48. The van der Waals surface area contributed by atoms with E-state index in [1.807, 2.05) is 6.92 Å². The lowest BCUT2D eigenvalue weighted by molar-refractivity contribution is -0.223. The molecular formula is C35H54O8. The van der Waals surface area contributed by atoms with Gasteiger partial charge in [0.1, 0.15) is 6.10 Å². The molecule has 0 amide bonds. The summed E-state index contributed by atoms with van der Waals surface area (Å²) in [5.41, 5.74) is -0.0547. The number of esters is 1. The molecular weight excluding hydrogens is 548 g/mol. The van der Waals surface area contributed by atoms with Crippen LogP contribution in [0, 0.1) is 51.8 Å². The lowest BCUT2D eigenvalue weighted by Gasteiger charge is -2.67. The fourth-order valence-electron chi connectivity index (χ4n) is 12.0. The van der Waals surface area contributed by atoms with Gasteiger partial charge in [-0.2, -0.15) is 0 Å². The van der Waals surface area contributed by atoms with Crippen LogP contribution in [-0.2, 0) is 19.1 Å². The van der Waals surface area contributed by atoms with E-state index in [-0.39, 0.29) is 35.0 Å². The van der Waals surface area contributed by atoms with Crippen molar-refractivity contribution in [2.24, 2.45) is 51.8 Å². The summed E-state index contributed by atoms with van der Waals surface area (Å²) in [4.78, 5) is 25.0. The molecule has 5 fully saturated rings. The number of hydrogen-bond acceptors (Lipinski definition) is 7. The molecule has 242 valence electrons. The van der Waals surface area contributed by atoms with Gasteiger partial charge >= 0.3 is 11.9 Å². The number of rotatable bonds is 4. The van der Waals surface area contributed by atoms with Crippen LogP contribution in [0.4, 0.5) is 0 Å². The van der Waals surface area contributed by atoms with E-state index in [9.17, 15) is 30.0 Å². The SMILES string of the molecule is COC(=O)C1OC(CC2CCC3(C)C4CC=C5C6CC(C)CCC6(C(=O)O)CCC5C4(C)CCC3[C@]2(C)O)CC(O)C1O. The molecule has 43 heavy (non-hydrogen) atoms. The monoisotopic (exact) mass is 602 g/mol. The molecule has 6 aliphatic rings. The highest BCUT2D eigenvalue weighted by molar-refractivity contribution is 5.76. The molecule has 0 aromatic carbocycles. The van der Waals surface area contributed by atoms with Crippen molar-refractivity contribution in [2.45, 2.75) is 135 Å². The third kappa shape index (κ3) is 4.67. The zero-order chi connectivity index (χ0) is 31.1. The van der Waals surface area contributed by atoms with E-state index in [0.29, 0.717) is 24.2 Å². The maximum Gasteiger partial charge on any atom is 0.337 e. The van der Waals surface area contributed by atoms with E-state index >= 15 is 0 Å².